The number of para-hydroxylation sites is 1. The Hall–Kier alpha value is -2.58. The number of fused-ring (bicyclic) bond motifs is 1. The van der Waals surface area contributed by atoms with E-state index in [0.717, 1.165) is 10.3 Å². The van der Waals surface area contributed by atoms with Crippen molar-refractivity contribution in [2.75, 3.05) is 11.2 Å². The van der Waals surface area contributed by atoms with Crippen LogP contribution in [0.2, 0.25) is 0 Å². The Morgan fingerprint density at radius 3 is 2.52 bits per heavy atom. The molecule has 0 aliphatic carbocycles. The molecule has 0 saturated carbocycles. The molecule has 25 heavy (non-hydrogen) atoms. The first kappa shape index (κ1) is 17.2. The summed E-state index contributed by atoms with van der Waals surface area (Å²) in [6.45, 7) is 0.0720. The zero-order chi connectivity index (χ0) is 18.1. The third-order valence-corrected chi connectivity index (χ3v) is 4.31. The predicted molar refractivity (Wildman–Crippen MR) is 96.7 cm³/mol. The SMILES string of the molecule is Cn1c(=O)c2c(nc(Nc3ccccc3)n2CC(O)CCl)n(C)c1=O. The summed E-state index contributed by atoms with van der Waals surface area (Å²) < 4.78 is 3.87. The Balaban J connectivity index is 2.26. The number of imidazole rings is 1. The monoisotopic (exact) mass is 363 g/mol. The molecule has 0 saturated heterocycles. The van der Waals surface area contributed by atoms with E-state index in [2.05, 4.69) is 10.3 Å². The van der Waals surface area contributed by atoms with Gasteiger partial charge < -0.3 is 15.0 Å². The van der Waals surface area contributed by atoms with Crippen molar-refractivity contribution in [3.8, 4) is 0 Å². The molecule has 0 bridgehead atoms. The van der Waals surface area contributed by atoms with Crippen LogP contribution in [0.25, 0.3) is 11.2 Å². The highest BCUT2D eigenvalue weighted by Gasteiger charge is 2.20. The van der Waals surface area contributed by atoms with Gasteiger partial charge in [0, 0.05) is 19.8 Å². The highest BCUT2D eigenvalue weighted by Crippen LogP contribution is 2.20. The second-order valence-corrected chi connectivity index (χ2v) is 6.03. The van der Waals surface area contributed by atoms with Crippen LogP contribution in [0.4, 0.5) is 11.6 Å². The van der Waals surface area contributed by atoms with Gasteiger partial charge in [-0.1, -0.05) is 18.2 Å². The topological polar surface area (TPSA) is 94.1 Å². The van der Waals surface area contributed by atoms with E-state index >= 15 is 0 Å². The average Bonchev–Trinajstić information content (AvgIpc) is 2.97. The largest absolute Gasteiger partial charge is 0.390 e. The molecule has 0 aliphatic heterocycles. The fourth-order valence-electron chi connectivity index (χ4n) is 2.63. The van der Waals surface area contributed by atoms with Crippen LogP contribution in [0, 0.1) is 0 Å². The minimum atomic E-state index is -0.864. The Morgan fingerprint density at radius 1 is 1.20 bits per heavy atom. The molecule has 1 aromatic carbocycles. The number of nitrogens with one attached hydrogen (secondary N) is 1. The van der Waals surface area contributed by atoms with E-state index in [1.807, 2.05) is 30.3 Å². The van der Waals surface area contributed by atoms with Gasteiger partial charge in [-0.05, 0) is 12.1 Å². The molecule has 0 amide bonds. The first-order valence-corrected chi connectivity index (χ1v) is 8.19. The smallest absolute Gasteiger partial charge is 0.332 e. The maximum absolute atomic E-state index is 12.6. The van der Waals surface area contributed by atoms with Gasteiger partial charge in [0.15, 0.2) is 11.2 Å². The zero-order valence-electron chi connectivity index (χ0n) is 13.8. The number of aryl methyl sites for hydroxylation is 1. The molecular formula is C16H18ClN5O3. The summed E-state index contributed by atoms with van der Waals surface area (Å²) in [5.74, 6) is 0.361. The second-order valence-electron chi connectivity index (χ2n) is 5.72. The van der Waals surface area contributed by atoms with Gasteiger partial charge in [0.25, 0.3) is 5.56 Å². The molecule has 1 atom stereocenters. The molecule has 3 rings (SSSR count). The van der Waals surface area contributed by atoms with Gasteiger partial charge in [0.1, 0.15) is 0 Å². The lowest BCUT2D eigenvalue weighted by molar-refractivity contribution is 0.179. The Kier molecular flexibility index (Phi) is 4.65. The molecule has 2 heterocycles. The third-order valence-electron chi connectivity index (χ3n) is 3.95. The molecule has 2 aromatic heterocycles. The van der Waals surface area contributed by atoms with Gasteiger partial charge in [0.2, 0.25) is 5.95 Å². The van der Waals surface area contributed by atoms with Gasteiger partial charge in [-0.2, -0.15) is 4.98 Å². The summed E-state index contributed by atoms with van der Waals surface area (Å²) in [6.07, 6.45) is -0.864. The van der Waals surface area contributed by atoms with Crippen LogP contribution in [0.1, 0.15) is 0 Å². The lowest BCUT2D eigenvalue weighted by atomic mass is 10.3. The maximum Gasteiger partial charge on any atom is 0.332 e. The number of aliphatic hydroxyl groups excluding tert-OH is 1. The summed E-state index contributed by atoms with van der Waals surface area (Å²) in [7, 11) is 2.95. The van der Waals surface area contributed by atoms with Crippen molar-refractivity contribution in [1.29, 1.82) is 0 Å². The van der Waals surface area contributed by atoms with Crippen molar-refractivity contribution in [3.63, 3.8) is 0 Å². The van der Waals surface area contributed by atoms with Crippen LogP contribution in [0.5, 0.6) is 0 Å². The van der Waals surface area contributed by atoms with Crippen molar-refractivity contribution in [1.82, 2.24) is 18.7 Å². The normalized spacial score (nSPS) is 12.5. The van der Waals surface area contributed by atoms with Crippen LogP contribution in [-0.2, 0) is 20.6 Å². The number of alkyl halides is 1. The van der Waals surface area contributed by atoms with Crippen LogP contribution >= 0.6 is 11.6 Å². The van der Waals surface area contributed by atoms with Crippen molar-refractivity contribution in [2.24, 2.45) is 14.1 Å². The summed E-state index contributed by atoms with van der Waals surface area (Å²) in [5, 5.41) is 13.1. The molecule has 132 valence electrons. The predicted octanol–water partition coefficient (Wildman–Crippen LogP) is 0.777. The summed E-state index contributed by atoms with van der Waals surface area (Å²) in [5.41, 5.74) is 0.293. The van der Waals surface area contributed by atoms with Crippen LogP contribution in [0.3, 0.4) is 0 Å². The first-order valence-electron chi connectivity index (χ1n) is 7.66. The number of benzene rings is 1. The Labute approximate surface area is 147 Å². The standard InChI is InChI=1S/C16H18ClN5O3/c1-20-13-12(14(24)21(2)16(20)25)22(9-11(23)8-17)15(19-13)18-10-6-4-3-5-7-10/h3-7,11,23H,8-9H2,1-2H3,(H,18,19). The number of hydrogen-bond donors (Lipinski definition) is 2. The number of rotatable bonds is 5. The van der Waals surface area contributed by atoms with E-state index in [1.165, 1.54) is 11.6 Å². The van der Waals surface area contributed by atoms with Crippen LogP contribution in [0.15, 0.2) is 39.9 Å². The van der Waals surface area contributed by atoms with Gasteiger partial charge in [-0.3, -0.25) is 13.9 Å². The lowest BCUT2D eigenvalue weighted by Gasteiger charge is -2.13. The number of aromatic nitrogens is 4. The van der Waals surface area contributed by atoms with Crippen molar-refractivity contribution in [3.05, 3.63) is 51.2 Å². The van der Waals surface area contributed by atoms with Gasteiger partial charge in [0.05, 0.1) is 18.5 Å². The highest BCUT2D eigenvalue weighted by molar-refractivity contribution is 6.18. The van der Waals surface area contributed by atoms with Gasteiger partial charge >= 0.3 is 5.69 Å². The van der Waals surface area contributed by atoms with E-state index in [1.54, 1.807) is 11.6 Å². The molecule has 9 heteroatoms. The van der Waals surface area contributed by atoms with E-state index in [0.29, 0.717) is 5.95 Å². The van der Waals surface area contributed by atoms with Crippen molar-refractivity contribution < 1.29 is 5.11 Å². The van der Waals surface area contributed by atoms with E-state index in [9.17, 15) is 14.7 Å². The van der Waals surface area contributed by atoms with E-state index < -0.39 is 17.4 Å². The molecular weight excluding hydrogens is 346 g/mol. The minimum absolute atomic E-state index is 0.0104. The minimum Gasteiger partial charge on any atom is -0.390 e. The summed E-state index contributed by atoms with van der Waals surface area (Å²) >= 11 is 5.72. The molecule has 0 aliphatic rings. The van der Waals surface area contributed by atoms with Gasteiger partial charge in [-0.15, -0.1) is 11.6 Å². The second kappa shape index (κ2) is 6.73. The number of nitrogens with zero attached hydrogens (tertiary/aromatic N) is 4. The lowest BCUT2D eigenvalue weighted by Crippen LogP contribution is -2.38. The Morgan fingerprint density at radius 2 is 1.88 bits per heavy atom. The molecule has 8 nitrogen and oxygen atoms in total. The maximum atomic E-state index is 12.6. The number of anilines is 2. The number of aliphatic hydroxyl groups is 1. The van der Waals surface area contributed by atoms with Gasteiger partial charge in [-0.25, -0.2) is 4.79 Å². The molecule has 3 aromatic rings. The van der Waals surface area contributed by atoms with Crippen LogP contribution in [-0.4, -0.2) is 35.8 Å². The molecule has 0 fully saturated rings. The quantitative estimate of drug-likeness (QED) is 0.653. The average molecular weight is 364 g/mol. The number of halogens is 1. The third kappa shape index (κ3) is 3.06. The van der Waals surface area contributed by atoms with E-state index in [-0.39, 0.29) is 23.6 Å². The molecule has 2 N–H and O–H groups in total. The summed E-state index contributed by atoms with van der Waals surface area (Å²) in [4.78, 5) is 29.2. The van der Waals surface area contributed by atoms with Crippen molar-refractivity contribution in [2.45, 2.75) is 12.6 Å². The molecule has 1 unspecified atom stereocenters. The van der Waals surface area contributed by atoms with Crippen molar-refractivity contribution >= 4 is 34.4 Å². The fraction of sp³-hybridized carbons (Fsp3) is 0.312. The zero-order valence-corrected chi connectivity index (χ0v) is 14.6. The van der Waals surface area contributed by atoms with Crippen LogP contribution < -0.4 is 16.6 Å². The number of hydrogen-bond acceptors (Lipinski definition) is 5. The van der Waals surface area contributed by atoms with E-state index in [4.69, 9.17) is 11.6 Å². The first-order chi connectivity index (χ1) is 11.9. The Bertz CT molecular complexity index is 1020. The summed E-state index contributed by atoms with van der Waals surface area (Å²) in [6, 6.07) is 9.29. The highest BCUT2D eigenvalue weighted by atomic mass is 35.5. The molecule has 0 radical (unpaired) electrons. The molecule has 0 spiro atoms. The fourth-order valence-corrected chi connectivity index (χ4v) is 2.73.